The van der Waals surface area contributed by atoms with Gasteiger partial charge in [0.05, 0.1) is 25.3 Å². The highest BCUT2D eigenvalue weighted by Crippen LogP contribution is 2.60. The molecule has 2 fully saturated rings. The lowest BCUT2D eigenvalue weighted by Crippen LogP contribution is -2.61. The second-order valence-electron chi connectivity index (χ2n) is 7.19. The molecule has 5 rings (SSSR count). The Morgan fingerprint density at radius 1 is 1.15 bits per heavy atom. The number of piperidine rings is 1. The minimum atomic E-state index is -0.511. The lowest BCUT2D eigenvalue weighted by atomic mass is 9.76. The second-order valence-corrected chi connectivity index (χ2v) is 7.19. The number of hydrogen-bond donors (Lipinski definition) is 2. The summed E-state index contributed by atoms with van der Waals surface area (Å²) in [5.41, 5.74) is 3.37. The van der Waals surface area contributed by atoms with E-state index in [1.54, 1.807) is 0 Å². The summed E-state index contributed by atoms with van der Waals surface area (Å²) in [6.45, 7) is 5.78. The van der Waals surface area contributed by atoms with E-state index in [1.165, 1.54) is 28.7 Å². The van der Waals surface area contributed by atoms with Crippen molar-refractivity contribution in [2.24, 2.45) is 0 Å². The van der Waals surface area contributed by atoms with Crippen LogP contribution in [0.25, 0.3) is 10.9 Å². The van der Waals surface area contributed by atoms with E-state index >= 15 is 0 Å². The number of nitrogens with zero attached hydrogens (tertiary/aromatic N) is 1. The third kappa shape index (κ3) is 0.951. The summed E-state index contributed by atoms with van der Waals surface area (Å²) in [6.07, 6.45) is 3.06. The van der Waals surface area contributed by atoms with Crippen LogP contribution in [0.2, 0.25) is 0 Å². The SMILES string of the molecule is C[C@]12c3[nH]c4ccccc4c3CC[N+]13CCC2(O)CC3. The van der Waals surface area contributed by atoms with E-state index in [1.807, 2.05) is 0 Å². The predicted molar refractivity (Wildman–Crippen MR) is 78.4 cm³/mol. The zero-order valence-corrected chi connectivity index (χ0v) is 11.9. The molecule has 0 spiro atoms. The van der Waals surface area contributed by atoms with Gasteiger partial charge in [0.2, 0.25) is 0 Å². The zero-order chi connectivity index (χ0) is 13.6. The van der Waals surface area contributed by atoms with E-state index in [0.29, 0.717) is 0 Å². The summed E-state index contributed by atoms with van der Waals surface area (Å²) in [4.78, 5) is 3.67. The molecule has 2 bridgehead atoms. The van der Waals surface area contributed by atoms with Crippen molar-refractivity contribution in [3.05, 3.63) is 35.5 Å². The fraction of sp³-hybridized carbons (Fsp3) is 0.529. The van der Waals surface area contributed by atoms with Gasteiger partial charge in [-0.2, -0.15) is 0 Å². The standard InChI is InChI=1S/C17H21N2O/c1-16-15-13(12-4-2-3-5-14(12)18-15)6-9-19(16)10-7-17(16,20)8-11-19/h2-5,18,20H,6-11H2,1H3/q+1/t16-,17?,19?/m1/s1. The Morgan fingerprint density at radius 3 is 2.70 bits per heavy atom. The van der Waals surface area contributed by atoms with Crippen LogP contribution in [0.3, 0.4) is 0 Å². The summed E-state index contributed by atoms with van der Waals surface area (Å²) in [7, 11) is 0. The number of nitrogens with one attached hydrogen (secondary N) is 1. The van der Waals surface area contributed by atoms with E-state index in [9.17, 15) is 5.11 Å². The van der Waals surface area contributed by atoms with E-state index < -0.39 is 5.60 Å². The quantitative estimate of drug-likeness (QED) is 0.707. The number of para-hydroxylation sites is 1. The molecule has 2 aromatic rings. The smallest absolute Gasteiger partial charge is 0.166 e. The molecule has 3 heteroatoms. The van der Waals surface area contributed by atoms with Crippen LogP contribution in [-0.4, -0.2) is 39.8 Å². The maximum atomic E-state index is 11.2. The topological polar surface area (TPSA) is 36.0 Å². The van der Waals surface area contributed by atoms with Crippen LogP contribution >= 0.6 is 0 Å². The van der Waals surface area contributed by atoms with Crippen LogP contribution in [-0.2, 0) is 12.0 Å². The monoisotopic (exact) mass is 269 g/mol. The number of H-pyrrole nitrogens is 1. The second kappa shape index (κ2) is 3.12. The Kier molecular flexibility index (Phi) is 1.77. The van der Waals surface area contributed by atoms with Gasteiger partial charge in [0.15, 0.2) is 5.54 Å². The Bertz CT molecular complexity index is 724. The van der Waals surface area contributed by atoms with Crippen LogP contribution in [0.15, 0.2) is 24.3 Å². The number of quaternary nitrogens is 1. The molecule has 1 aromatic heterocycles. The molecule has 4 heterocycles. The van der Waals surface area contributed by atoms with Crippen LogP contribution in [0.1, 0.15) is 31.0 Å². The first-order valence-corrected chi connectivity index (χ1v) is 7.78. The van der Waals surface area contributed by atoms with Gasteiger partial charge in [-0.25, -0.2) is 0 Å². The van der Waals surface area contributed by atoms with Crippen molar-refractivity contribution in [2.75, 3.05) is 19.6 Å². The Labute approximate surface area is 118 Å². The minimum Gasteiger partial charge on any atom is -0.382 e. The molecular formula is C17H21N2O+. The molecule has 1 aromatic carbocycles. The number of aromatic amines is 1. The number of rotatable bonds is 0. The van der Waals surface area contributed by atoms with Gasteiger partial charge in [-0.1, -0.05) is 18.2 Å². The van der Waals surface area contributed by atoms with E-state index in [2.05, 4.69) is 36.2 Å². The van der Waals surface area contributed by atoms with Gasteiger partial charge in [-0.15, -0.1) is 0 Å². The van der Waals surface area contributed by atoms with Gasteiger partial charge >= 0.3 is 0 Å². The molecule has 1 atom stereocenters. The van der Waals surface area contributed by atoms with Crippen molar-refractivity contribution in [3.63, 3.8) is 0 Å². The zero-order valence-electron chi connectivity index (χ0n) is 11.9. The average Bonchev–Trinajstić information content (AvgIpc) is 3.02. The number of aliphatic hydroxyl groups is 1. The van der Waals surface area contributed by atoms with Gasteiger partial charge in [-0.3, -0.25) is 0 Å². The molecule has 2 saturated heterocycles. The molecule has 3 aliphatic heterocycles. The lowest BCUT2D eigenvalue weighted by Gasteiger charge is -2.47. The first-order valence-electron chi connectivity index (χ1n) is 7.78. The Balaban J connectivity index is 1.87. The van der Waals surface area contributed by atoms with Crippen LogP contribution in [0.5, 0.6) is 0 Å². The normalized spacial score (nSPS) is 41.9. The van der Waals surface area contributed by atoms with Crippen molar-refractivity contribution in [1.29, 1.82) is 0 Å². The highest BCUT2D eigenvalue weighted by molar-refractivity contribution is 5.85. The maximum absolute atomic E-state index is 11.2. The molecule has 104 valence electrons. The third-order valence-electron chi connectivity index (χ3n) is 6.85. The van der Waals surface area contributed by atoms with Crippen molar-refractivity contribution >= 4 is 10.9 Å². The van der Waals surface area contributed by atoms with Crippen LogP contribution < -0.4 is 0 Å². The fourth-order valence-corrected chi connectivity index (χ4v) is 5.53. The molecule has 0 unspecified atom stereocenters. The molecular weight excluding hydrogens is 248 g/mol. The number of aromatic nitrogens is 1. The van der Waals surface area contributed by atoms with Crippen LogP contribution in [0, 0.1) is 0 Å². The lowest BCUT2D eigenvalue weighted by molar-refractivity contribution is -0.963. The van der Waals surface area contributed by atoms with Gasteiger partial charge in [0.25, 0.3) is 0 Å². The average molecular weight is 269 g/mol. The molecule has 3 nitrogen and oxygen atoms in total. The highest BCUT2D eigenvalue weighted by Gasteiger charge is 2.73. The van der Waals surface area contributed by atoms with Crippen molar-refractivity contribution in [1.82, 2.24) is 4.98 Å². The number of fused-ring (bicyclic) bond motifs is 3. The number of benzene rings is 1. The molecule has 2 N–H and O–H groups in total. The van der Waals surface area contributed by atoms with E-state index in [-0.39, 0.29) is 5.54 Å². The predicted octanol–water partition coefficient (Wildman–Crippen LogP) is 2.29. The summed E-state index contributed by atoms with van der Waals surface area (Å²) < 4.78 is 1.10. The van der Waals surface area contributed by atoms with Crippen LogP contribution in [0.4, 0.5) is 0 Å². The van der Waals surface area contributed by atoms with Crippen molar-refractivity contribution in [3.8, 4) is 0 Å². The Morgan fingerprint density at radius 2 is 1.90 bits per heavy atom. The maximum Gasteiger partial charge on any atom is 0.166 e. The first-order chi connectivity index (χ1) is 9.60. The summed E-state index contributed by atoms with van der Waals surface area (Å²) >= 11 is 0. The third-order valence-corrected chi connectivity index (χ3v) is 6.85. The van der Waals surface area contributed by atoms with E-state index in [0.717, 1.165) is 36.8 Å². The Hall–Kier alpha value is -1.32. The largest absolute Gasteiger partial charge is 0.382 e. The summed E-state index contributed by atoms with van der Waals surface area (Å²) in [5.74, 6) is 0. The van der Waals surface area contributed by atoms with Crippen molar-refractivity contribution in [2.45, 2.75) is 37.3 Å². The molecule has 20 heavy (non-hydrogen) atoms. The molecule has 0 amide bonds. The van der Waals surface area contributed by atoms with Gasteiger partial charge in [0, 0.05) is 30.2 Å². The highest BCUT2D eigenvalue weighted by atomic mass is 16.3. The minimum absolute atomic E-state index is 0.125. The first kappa shape index (κ1) is 11.4. The fourth-order valence-electron chi connectivity index (χ4n) is 5.53. The molecule has 0 radical (unpaired) electrons. The summed E-state index contributed by atoms with van der Waals surface area (Å²) in [5, 5.41) is 12.6. The summed E-state index contributed by atoms with van der Waals surface area (Å²) in [6, 6.07) is 8.60. The van der Waals surface area contributed by atoms with Gasteiger partial charge < -0.3 is 14.6 Å². The molecule has 0 aliphatic carbocycles. The number of hydrogen-bond acceptors (Lipinski definition) is 1. The van der Waals surface area contributed by atoms with E-state index in [4.69, 9.17) is 0 Å². The van der Waals surface area contributed by atoms with Gasteiger partial charge in [0.1, 0.15) is 5.60 Å². The van der Waals surface area contributed by atoms with Crippen molar-refractivity contribution < 1.29 is 9.59 Å². The van der Waals surface area contributed by atoms with Gasteiger partial charge in [-0.05, 0) is 18.6 Å². The molecule has 3 aliphatic rings. The molecule has 0 saturated carbocycles.